The summed E-state index contributed by atoms with van der Waals surface area (Å²) >= 11 is 0. The van der Waals surface area contributed by atoms with Gasteiger partial charge in [-0.2, -0.15) is 13.2 Å². The second-order valence-corrected chi connectivity index (χ2v) is 6.67. The van der Waals surface area contributed by atoms with Gasteiger partial charge in [0.05, 0.1) is 5.56 Å². The van der Waals surface area contributed by atoms with E-state index in [0.717, 1.165) is 30.5 Å². The van der Waals surface area contributed by atoms with Gasteiger partial charge in [-0.25, -0.2) is 0 Å². The number of alkyl halides is 3. The maximum absolute atomic E-state index is 12.7. The molecule has 3 rings (SSSR count). The number of nitrogens with zero attached hydrogens (tertiary/aromatic N) is 1. The van der Waals surface area contributed by atoms with Crippen molar-refractivity contribution in [1.29, 1.82) is 0 Å². The van der Waals surface area contributed by atoms with E-state index in [4.69, 9.17) is 5.73 Å². The maximum Gasteiger partial charge on any atom is 0.416 e. The summed E-state index contributed by atoms with van der Waals surface area (Å²) in [6.07, 6.45) is -2.33. The number of nitrogens with two attached hydrogens (primary N) is 1. The first-order valence-corrected chi connectivity index (χ1v) is 8.61. The van der Waals surface area contributed by atoms with E-state index >= 15 is 0 Å². The minimum absolute atomic E-state index is 0.0660. The Kier molecular flexibility index (Phi) is 5.32. The van der Waals surface area contributed by atoms with Crippen molar-refractivity contribution >= 4 is 5.91 Å². The van der Waals surface area contributed by atoms with Crippen molar-refractivity contribution in [2.75, 3.05) is 0 Å². The SMILES string of the molecule is NC(CC(=O)N(Cc1ccc(C(F)(F)F)cc1)C1CC1)c1ccccc1. The standard InChI is InChI=1S/C20H21F3N2O/c21-20(22,23)16-8-6-14(7-9-16)13-25(17-10-11-17)19(26)12-18(24)15-4-2-1-3-5-15/h1-9,17-18H,10-13,24H2. The molecular weight excluding hydrogens is 341 g/mol. The van der Waals surface area contributed by atoms with Gasteiger partial charge in [0, 0.05) is 25.0 Å². The van der Waals surface area contributed by atoms with Gasteiger partial charge >= 0.3 is 6.18 Å². The van der Waals surface area contributed by atoms with Gasteiger partial charge < -0.3 is 10.6 Å². The number of hydrogen-bond acceptors (Lipinski definition) is 2. The number of carbonyl (C=O) groups is 1. The molecule has 0 aliphatic heterocycles. The fraction of sp³-hybridized carbons (Fsp3) is 0.350. The first kappa shape index (κ1) is 18.5. The largest absolute Gasteiger partial charge is 0.416 e. The van der Waals surface area contributed by atoms with Crippen molar-refractivity contribution < 1.29 is 18.0 Å². The molecule has 0 spiro atoms. The number of rotatable bonds is 6. The summed E-state index contributed by atoms with van der Waals surface area (Å²) in [5.74, 6) is -0.0660. The predicted octanol–water partition coefficient (Wildman–Crippen LogP) is 4.29. The smallest absolute Gasteiger partial charge is 0.335 e. The molecule has 1 aliphatic carbocycles. The highest BCUT2D eigenvalue weighted by Crippen LogP contribution is 2.32. The molecule has 3 nitrogen and oxygen atoms in total. The van der Waals surface area contributed by atoms with Crippen molar-refractivity contribution in [2.24, 2.45) is 5.73 Å². The normalized spacial score (nSPS) is 15.5. The minimum Gasteiger partial charge on any atom is -0.335 e. The van der Waals surface area contributed by atoms with Crippen LogP contribution in [0.15, 0.2) is 54.6 Å². The number of benzene rings is 2. The van der Waals surface area contributed by atoms with Crippen molar-refractivity contribution in [3.63, 3.8) is 0 Å². The lowest BCUT2D eigenvalue weighted by Gasteiger charge is -2.24. The fourth-order valence-electron chi connectivity index (χ4n) is 2.93. The summed E-state index contributed by atoms with van der Waals surface area (Å²) in [5, 5.41) is 0. The van der Waals surface area contributed by atoms with E-state index in [-0.39, 0.29) is 18.4 Å². The Morgan fingerprint density at radius 2 is 1.69 bits per heavy atom. The number of amides is 1. The lowest BCUT2D eigenvalue weighted by Crippen LogP contribution is -2.34. The van der Waals surface area contributed by atoms with Crippen molar-refractivity contribution in [2.45, 2.75) is 44.1 Å². The van der Waals surface area contributed by atoms with Gasteiger partial charge in [0.1, 0.15) is 0 Å². The molecule has 0 saturated heterocycles. The van der Waals surface area contributed by atoms with Crippen LogP contribution in [0.2, 0.25) is 0 Å². The van der Waals surface area contributed by atoms with Gasteiger partial charge in [-0.15, -0.1) is 0 Å². The zero-order valence-electron chi connectivity index (χ0n) is 14.2. The maximum atomic E-state index is 12.7. The summed E-state index contributed by atoms with van der Waals surface area (Å²) in [5.41, 5.74) is 7.04. The molecule has 1 amide bonds. The molecule has 26 heavy (non-hydrogen) atoms. The lowest BCUT2D eigenvalue weighted by molar-refractivity contribution is -0.137. The first-order chi connectivity index (χ1) is 12.3. The predicted molar refractivity (Wildman–Crippen MR) is 93.0 cm³/mol. The van der Waals surface area contributed by atoms with Gasteiger partial charge in [-0.05, 0) is 36.1 Å². The van der Waals surface area contributed by atoms with E-state index in [9.17, 15) is 18.0 Å². The van der Waals surface area contributed by atoms with Gasteiger partial charge in [-0.1, -0.05) is 42.5 Å². The molecule has 1 saturated carbocycles. The highest BCUT2D eigenvalue weighted by atomic mass is 19.4. The molecule has 1 fully saturated rings. The summed E-state index contributed by atoms with van der Waals surface area (Å²) < 4.78 is 38.0. The summed E-state index contributed by atoms with van der Waals surface area (Å²) in [7, 11) is 0. The average Bonchev–Trinajstić information content (AvgIpc) is 3.45. The van der Waals surface area contributed by atoms with Crippen LogP contribution in [-0.2, 0) is 17.5 Å². The molecule has 2 N–H and O–H groups in total. The topological polar surface area (TPSA) is 46.3 Å². The van der Waals surface area contributed by atoms with Crippen LogP contribution in [0.4, 0.5) is 13.2 Å². The fourth-order valence-corrected chi connectivity index (χ4v) is 2.93. The average molecular weight is 362 g/mol. The molecule has 0 heterocycles. The molecular formula is C20H21F3N2O. The third-order valence-corrected chi connectivity index (χ3v) is 4.56. The molecule has 6 heteroatoms. The molecule has 1 atom stereocenters. The van der Waals surface area contributed by atoms with Crippen molar-refractivity contribution in [3.8, 4) is 0 Å². The van der Waals surface area contributed by atoms with Crippen LogP contribution >= 0.6 is 0 Å². The molecule has 1 aliphatic rings. The molecule has 138 valence electrons. The summed E-state index contributed by atoms with van der Waals surface area (Å²) in [4.78, 5) is 14.4. The number of hydrogen-bond donors (Lipinski definition) is 1. The van der Waals surface area contributed by atoms with Crippen molar-refractivity contribution in [1.82, 2.24) is 4.90 Å². The Labute approximate surface area is 150 Å². The number of halogens is 3. The van der Waals surface area contributed by atoms with Gasteiger partial charge in [0.2, 0.25) is 5.91 Å². The summed E-state index contributed by atoms with van der Waals surface area (Å²) in [6, 6.07) is 14.2. The van der Waals surface area contributed by atoms with Crippen LogP contribution in [0.1, 0.15) is 42.0 Å². The summed E-state index contributed by atoms with van der Waals surface area (Å²) in [6.45, 7) is 0.309. The van der Waals surface area contributed by atoms with Gasteiger partial charge in [0.25, 0.3) is 0 Å². The second-order valence-electron chi connectivity index (χ2n) is 6.67. The van der Waals surface area contributed by atoms with Crippen LogP contribution < -0.4 is 5.73 Å². The van der Waals surface area contributed by atoms with E-state index in [1.807, 2.05) is 30.3 Å². The first-order valence-electron chi connectivity index (χ1n) is 8.61. The van der Waals surface area contributed by atoms with Crippen molar-refractivity contribution in [3.05, 3.63) is 71.3 Å². The lowest BCUT2D eigenvalue weighted by atomic mass is 10.0. The van der Waals surface area contributed by atoms with Gasteiger partial charge in [0.15, 0.2) is 0 Å². The Bertz CT molecular complexity index is 740. The van der Waals surface area contributed by atoms with Crippen LogP contribution in [0.3, 0.4) is 0 Å². The van der Waals surface area contributed by atoms with Crippen LogP contribution in [-0.4, -0.2) is 16.8 Å². The van der Waals surface area contributed by atoms with Crippen LogP contribution in [0.25, 0.3) is 0 Å². The van der Waals surface area contributed by atoms with Crippen LogP contribution in [0.5, 0.6) is 0 Å². The molecule has 0 radical (unpaired) electrons. The molecule has 1 unspecified atom stereocenters. The Hall–Kier alpha value is -2.34. The second kappa shape index (κ2) is 7.50. The van der Waals surface area contributed by atoms with E-state index in [1.165, 1.54) is 12.1 Å². The monoisotopic (exact) mass is 362 g/mol. The Balaban J connectivity index is 1.66. The molecule has 0 bridgehead atoms. The zero-order chi connectivity index (χ0) is 18.7. The third kappa shape index (κ3) is 4.64. The van der Waals surface area contributed by atoms with E-state index < -0.39 is 17.8 Å². The number of carbonyl (C=O) groups excluding carboxylic acids is 1. The minimum atomic E-state index is -4.35. The quantitative estimate of drug-likeness (QED) is 0.833. The van der Waals surface area contributed by atoms with Gasteiger partial charge in [-0.3, -0.25) is 4.79 Å². The Morgan fingerprint density at radius 1 is 1.08 bits per heavy atom. The van der Waals surface area contributed by atoms with E-state index in [1.54, 1.807) is 4.90 Å². The Morgan fingerprint density at radius 3 is 2.23 bits per heavy atom. The van der Waals surface area contributed by atoms with Crippen LogP contribution in [0, 0.1) is 0 Å². The highest BCUT2D eigenvalue weighted by Gasteiger charge is 2.34. The molecule has 2 aromatic rings. The molecule has 2 aromatic carbocycles. The zero-order valence-corrected chi connectivity index (χ0v) is 14.2. The van der Waals surface area contributed by atoms with E-state index in [2.05, 4.69) is 0 Å². The third-order valence-electron chi connectivity index (χ3n) is 4.56. The molecule has 0 aromatic heterocycles. The van der Waals surface area contributed by atoms with E-state index in [0.29, 0.717) is 12.1 Å². The highest BCUT2D eigenvalue weighted by molar-refractivity contribution is 5.77.